The van der Waals surface area contributed by atoms with Crippen LogP contribution in [0, 0.1) is 0 Å². The molecule has 0 saturated carbocycles. The van der Waals surface area contributed by atoms with Crippen molar-refractivity contribution in [3.8, 4) is 17.1 Å². The number of phenols is 1. The largest absolute Gasteiger partial charge is 0.508 e. The van der Waals surface area contributed by atoms with E-state index in [1.807, 2.05) is 6.07 Å². The Bertz CT molecular complexity index is 714. The topological polar surface area (TPSA) is 33.4 Å². The predicted molar refractivity (Wildman–Crippen MR) is 73.3 cm³/mol. The van der Waals surface area contributed by atoms with Gasteiger partial charge in [0.1, 0.15) is 11.5 Å². The van der Waals surface area contributed by atoms with Crippen LogP contribution in [0.2, 0.25) is 10.0 Å². The zero-order chi connectivity index (χ0) is 12.7. The zero-order valence-corrected chi connectivity index (χ0v) is 10.7. The molecule has 18 heavy (non-hydrogen) atoms. The quantitative estimate of drug-likeness (QED) is 0.671. The SMILES string of the molecule is Oc1ccc(-c2cc3cc(Cl)cc(Cl)c3o2)cc1. The molecule has 0 saturated heterocycles. The van der Waals surface area contributed by atoms with E-state index < -0.39 is 0 Å². The first-order valence-electron chi connectivity index (χ1n) is 5.31. The molecule has 0 amide bonds. The van der Waals surface area contributed by atoms with Crippen molar-refractivity contribution in [2.24, 2.45) is 0 Å². The number of furan rings is 1. The Morgan fingerprint density at radius 1 is 0.944 bits per heavy atom. The molecule has 0 bridgehead atoms. The van der Waals surface area contributed by atoms with Crippen LogP contribution < -0.4 is 0 Å². The van der Waals surface area contributed by atoms with Gasteiger partial charge in [0.15, 0.2) is 5.58 Å². The molecule has 2 aromatic carbocycles. The van der Waals surface area contributed by atoms with Crippen molar-refractivity contribution < 1.29 is 9.52 Å². The number of halogens is 2. The minimum absolute atomic E-state index is 0.218. The van der Waals surface area contributed by atoms with Crippen molar-refractivity contribution >= 4 is 34.2 Å². The molecule has 0 aliphatic rings. The molecule has 0 spiro atoms. The third-order valence-corrected chi connectivity index (χ3v) is 3.19. The molecule has 1 heterocycles. The van der Waals surface area contributed by atoms with Crippen molar-refractivity contribution in [2.75, 3.05) is 0 Å². The van der Waals surface area contributed by atoms with E-state index in [9.17, 15) is 5.11 Å². The maximum Gasteiger partial charge on any atom is 0.153 e. The second-order valence-corrected chi connectivity index (χ2v) is 4.81. The third kappa shape index (κ3) is 1.94. The van der Waals surface area contributed by atoms with E-state index >= 15 is 0 Å². The van der Waals surface area contributed by atoms with Gasteiger partial charge in [0.05, 0.1) is 5.02 Å². The van der Waals surface area contributed by atoms with Crippen LogP contribution >= 0.6 is 23.2 Å². The van der Waals surface area contributed by atoms with Crippen molar-refractivity contribution in [1.29, 1.82) is 0 Å². The molecule has 0 unspecified atom stereocenters. The Kier molecular flexibility index (Phi) is 2.69. The fourth-order valence-corrected chi connectivity index (χ4v) is 2.39. The van der Waals surface area contributed by atoms with Crippen LogP contribution in [0.3, 0.4) is 0 Å². The highest BCUT2D eigenvalue weighted by atomic mass is 35.5. The highest BCUT2D eigenvalue weighted by Crippen LogP contribution is 2.34. The van der Waals surface area contributed by atoms with Gasteiger partial charge >= 0.3 is 0 Å². The maximum absolute atomic E-state index is 9.25. The van der Waals surface area contributed by atoms with Crippen LogP contribution in [-0.2, 0) is 0 Å². The molecular formula is C14H8Cl2O2. The summed E-state index contributed by atoms with van der Waals surface area (Å²) in [6.07, 6.45) is 0. The molecule has 3 rings (SSSR count). The van der Waals surface area contributed by atoms with Crippen LogP contribution in [0.1, 0.15) is 0 Å². The van der Waals surface area contributed by atoms with E-state index in [2.05, 4.69) is 0 Å². The second-order valence-electron chi connectivity index (χ2n) is 3.96. The van der Waals surface area contributed by atoms with E-state index in [1.165, 1.54) is 0 Å². The summed E-state index contributed by atoms with van der Waals surface area (Å²) in [4.78, 5) is 0. The molecule has 0 aliphatic carbocycles. The number of aromatic hydroxyl groups is 1. The van der Waals surface area contributed by atoms with E-state index in [0.717, 1.165) is 10.9 Å². The van der Waals surface area contributed by atoms with Gasteiger partial charge in [-0.05, 0) is 42.5 Å². The maximum atomic E-state index is 9.25. The molecule has 4 heteroatoms. The summed E-state index contributed by atoms with van der Waals surface area (Å²) in [5.74, 6) is 0.908. The summed E-state index contributed by atoms with van der Waals surface area (Å²) >= 11 is 12.0. The van der Waals surface area contributed by atoms with Gasteiger partial charge in [-0.2, -0.15) is 0 Å². The first-order chi connectivity index (χ1) is 8.63. The number of hydrogen-bond donors (Lipinski definition) is 1. The van der Waals surface area contributed by atoms with E-state index in [1.54, 1.807) is 36.4 Å². The predicted octanol–water partition coefficient (Wildman–Crippen LogP) is 5.11. The Labute approximate surface area is 113 Å². The van der Waals surface area contributed by atoms with Gasteiger partial charge in [-0.3, -0.25) is 0 Å². The van der Waals surface area contributed by atoms with Gasteiger partial charge < -0.3 is 9.52 Å². The van der Waals surface area contributed by atoms with E-state index in [0.29, 0.717) is 21.4 Å². The Morgan fingerprint density at radius 3 is 2.39 bits per heavy atom. The molecule has 0 atom stereocenters. The molecule has 3 aromatic rings. The smallest absolute Gasteiger partial charge is 0.153 e. The molecule has 0 radical (unpaired) electrons. The first kappa shape index (κ1) is 11.5. The molecule has 90 valence electrons. The van der Waals surface area contributed by atoms with Gasteiger partial charge in [-0.15, -0.1) is 0 Å². The highest BCUT2D eigenvalue weighted by Gasteiger charge is 2.10. The average molecular weight is 279 g/mol. The summed E-state index contributed by atoms with van der Waals surface area (Å²) in [6, 6.07) is 12.1. The van der Waals surface area contributed by atoms with Crippen molar-refractivity contribution in [2.45, 2.75) is 0 Å². The molecule has 0 aliphatic heterocycles. The molecule has 1 aromatic heterocycles. The number of rotatable bonds is 1. The van der Waals surface area contributed by atoms with Crippen molar-refractivity contribution in [3.05, 3.63) is 52.5 Å². The number of hydrogen-bond acceptors (Lipinski definition) is 2. The highest BCUT2D eigenvalue weighted by molar-refractivity contribution is 6.38. The van der Waals surface area contributed by atoms with Crippen molar-refractivity contribution in [3.63, 3.8) is 0 Å². The summed E-state index contributed by atoms with van der Waals surface area (Å²) in [7, 11) is 0. The van der Waals surface area contributed by atoms with Gasteiger partial charge in [0.2, 0.25) is 0 Å². The number of fused-ring (bicyclic) bond motifs is 1. The van der Waals surface area contributed by atoms with E-state index in [-0.39, 0.29) is 5.75 Å². The third-order valence-electron chi connectivity index (χ3n) is 2.69. The van der Waals surface area contributed by atoms with Gasteiger partial charge in [-0.1, -0.05) is 23.2 Å². The fourth-order valence-electron chi connectivity index (χ4n) is 1.84. The Balaban J connectivity index is 2.19. The lowest BCUT2D eigenvalue weighted by atomic mass is 10.1. The minimum Gasteiger partial charge on any atom is -0.508 e. The normalized spacial score (nSPS) is 11.0. The lowest BCUT2D eigenvalue weighted by Gasteiger charge is -1.96. The molecular weight excluding hydrogens is 271 g/mol. The fraction of sp³-hybridized carbons (Fsp3) is 0. The molecule has 0 fully saturated rings. The number of phenolic OH excluding ortho intramolecular Hbond substituents is 1. The van der Waals surface area contributed by atoms with E-state index in [4.69, 9.17) is 27.6 Å². The average Bonchev–Trinajstić information content (AvgIpc) is 2.74. The summed E-state index contributed by atoms with van der Waals surface area (Å²) in [5.41, 5.74) is 1.49. The summed E-state index contributed by atoms with van der Waals surface area (Å²) in [5, 5.41) is 11.2. The molecule has 2 nitrogen and oxygen atoms in total. The lowest BCUT2D eigenvalue weighted by molar-refractivity contribution is 0.475. The Morgan fingerprint density at radius 2 is 1.67 bits per heavy atom. The van der Waals surface area contributed by atoms with Crippen LogP contribution in [-0.4, -0.2) is 5.11 Å². The van der Waals surface area contributed by atoms with Crippen LogP contribution in [0.4, 0.5) is 0 Å². The standard InChI is InChI=1S/C14H8Cl2O2/c15-10-5-9-6-13(18-14(9)12(16)7-10)8-1-3-11(17)4-2-8/h1-7,17H. The Hall–Kier alpha value is -1.64. The summed E-state index contributed by atoms with van der Waals surface area (Å²) < 4.78 is 5.71. The van der Waals surface area contributed by atoms with Gasteiger partial charge in [0, 0.05) is 16.0 Å². The first-order valence-corrected chi connectivity index (χ1v) is 6.07. The lowest BCUT2D eigenvalue weighted by Crippen LogP contribution is -1.71. The van der Waals surface area contributed by atoms with Crippen LogP contribution in [0.5, 0.6) is 5.75 Å². The molecule has 1 N–H and O–H groups in total. The number of benzene rings is 2. The van der Waals surface area contributed by atoms with Gasteiger partial charge in [0.25, 0.3) is 0 Å². The second kappa shape index (κ2) is 4.23. The summed E-state index contributed by atoms with van der Waals surface area (Å²) in [6.45, 7) is 0. The van der Waals surface area contributed by atoms with Gasteiger partial charge in [-0.25, -0.2) is 0 Å². The monoisotopic (exact) mass is 278 g/mol. The van der Waals surface area contributed by atoms with Crippen molar-refractivity contribution in [1.82, 2.24) is 0 Å². The zero-order valence-electron chi connectivity index (χ0n) is 9.15. The minimum atomic E-state index is 0.218. The van der Waals surface area contributed by atoms with Crippen LogP contribution in [0.25, 0.3) is 22.3 Å². The van der Waals surface area contributed by atoms with Crippen LogP contribution in [0.15, 0.2) is 46.9 Å².